The predicted octanol–water partition coefficient (Wildman–Crippen LogP) is -0.294. The summed E-state index contributed by atoms with van der Waals surface area (Å²) in [7, 11) is 0. The molecule has 0 fully saturated rings. The molecular formula is C5H5N5. The van der Waals surface area contributed by atoms with Gasteiger partial charge in [-0.05, 0) is 0 Å². The molecule has 0 saturated carbocycles. The highest BCUT2D eigenvalue weighted by Crippen LogP contribution is 1.97. The van der Waals surface area contributed by atoms with Crippen LogP contribution in [-0.4, -0.2) is 19.6 Å². The van der Waals surface area contributed by atoms with Crippen molar-refractivity contribution in [2.24, 2.45) is 0 Å². The Bertz CT molecular complexity index is 319. The molecular weight excluding hydrogens is 130 g/mol. The molecule has 0 spiro atoms. The van der Waals surface area contributed by atoms with Crippen molar-refractivity contribution >= 4 is 11.6 Å². The van der Waals surface area contributed by atoms with E-state index in [0.717, 1.165) is 0 Å². The first-order valence-electron chi connectivity index (χ1n) is 2.78. The molecule has 0 amide bonds. The number of hydrogen-bond donors (Lipinski definition) is 1. The SMILES string of the molecule is Nc1nc2cnccn2n1. The minimum atomic E-state index is 0.271. The van der Waals surface area contributed by atoms with E-state index in [9.17, 15) is 0 Å². The average Bonchev–Trinajstić information content (AvgIpc) is 2.27. The van der Waals surface area contributed by atoms with Gasteiger partial charge in [-0.25, -0.2) is 4.52 Å². The maximum absolute atomic E-state index is 5.32. The maximum atomic E-state index is 5.32. The van der Waals surface area contributed by atoms with Gasteiger partial charge in [0.05, 0.1) is 6.20 Å². The van der Waals surface area contributed by atoms with Crippen LogP contribution in [0.2, 0.25) is 0 Å². The van der Waals surface area contributed by atoms with Gasteiger partial charge in [0.25, 0.3) is 0 Å². The Morgan fingerprint density at radius 3 is 3.20 bits per heavy atom. The number of nitrogens with two attached hydrogens (primary N) is 1. The summed E-state index contributed by atoms with van der Waals surface area (Å²) < 4.78 is 1.57. The van der Waals surface area contributed by atoms with E-state index in [4.69, 9.17) is 5.73 Å². The number of rotatable bonds is 0. The largest absolute Gasteiger partial charge is 0.366 e. The highest BCUT2D eigenvalue weighted by molar-refractivity contribution is 5.38. The van der Waals surface area contributed by atoms with Gasteiger partial charge >= 0.3 is 0 Å². The Hall–Kier alpha value is -1.65. The molecule has 0 radical (unpaired) electrons. The zero-order chi connectivity index (χ0) is 6.97. The molecule has 2 heterocycles. The monoisotopic (exact) mass is 135 g/mol. The fourth-order valence-corrected chi connectivity index (χ4v) is 0.762. The van der Waals surface area contributed by atoms with Crippen molar-refractivity contribution in [3.05, 3.63) is 18.6 Å². The second-order valence-electron chi connectivity index (χ2n) is 1.85. The van der Waals surface area contributed by atoms with E-state index in [-0.39, 0.29) is 5.95 Å². The first-order valence-corrected chi connectivity index (χ1v) is 2.78. The van der Waals surface area contributed by atoms with Gasteiger partial charge in [-0.1, -0.05) is 0 Å². The third kappa shape index (κ3) is 0.604. The normalized spacial score (nSPS) is 10.4. The molecule has 2 N–H and O–H groups in total. The van der Waals surface area contributed by atoms with Crippen molar-refractivity contribution in [1.82, 2.24) is 19.6 Å². The second-order valence-corrected chi connectivity index (χ2v) is 1.85. The first-order chi connectivity index (χ1) is 4.86. The molecule has 5 heteroatoms. The Kier molecular flexibility index (Phi) is 0.858. The molecule has 0 aliphatic carbocycles. The number of hydrogen-bond acceptors (Lipinski definition) is 4. The third-order valence-corrected chi connectivity index (χ3v) is 1.16. The molecule has 2 aromatic rings. The van der Waals surface area contributed by atoms with Crippen molar-refractivity contribution in [1.29, 1.82) is 0 Å². The van der Waals surface area contributed by atoms with E-state index in [1.807, 2.05) is 0 Å². The number of fused-ring (bicyclic) bond motifs is 1. The number of nitrogens with zero attached hydrogens (tertiary/aromatic N) is 4. The van der Waals surface area contributed by atoms with Crippen molar-refractivity contribution < 1.29 is 0 Å². The van der Waals surface area contributed by atoms with Gasteiger partial charge in [-0.2, -0.15) is 4.98 Å². The number of aromatic nitrogens is 4. The lowest BCUT2D eigenvalue weighted by Crippen LogP contribution is -1.88. The second kappa shape index (κ2) is 1.66. The Labute approximate surface area is 56.5 Å². The summed E-state index contributed by atoms with van der Waals surface area (Å²) >= 11 is 0. The molecule has 0 bridgehead atoms. The van der Waals surface area contributed by atoms with Gasteiger partial charge < -0.3 is 5.73 Å². The van der Waals surface area contributed by atoms with E-state index in [0.29, 0.717) is 5.65 Å². The molecule has 50 valence electrons. The van der Waals surface area contributed by atoms with Gasteiger partial charge in [0.2, 0.25) is 5.95 Å². The Morgan fingerprint density at radius 1 is 1.50 bits per heavy atom. The van der Waals surface area contributed by atoms with Crippen LogP contribution >= 0.6 is 0 Å². The summed E-state index contributed by atoms with van der Waals surface area (Å²) in [4.78, 5) is 7.73. The minimum Gasteiger partial charge on any atom is -0.366 e. The average molecular weight is 135 g/mol. The zero-order valence-corrected chi connectivity index (χ0v) is 5.10. The van der Waals surface area contributed by atoms with Crippen LogP contribution in [0.15, 0.2) is 18.6 Å². The van der Waals surface area contributed by atoms with Crippen LogP contribution in [0.3, 0.4) is 0 Å². The first kappa shape index (κ1) is 5.16. The summed E-state index contributed by atoms with van der Waals surface area (Å²) in [5.74, 6) is 0.271. The van der Waals surface area contributed by atoms with E-state index in [2.05, 4.69) is 15.1 Å². The Morgan fingerprint density at radius 2 is 2.40 bits per heavy atom. The van der Waals surface area contributed by atoms with Gasteiger partial charge in [0.15, 0.2) is 5.65 Å². The summed E-state index contributed by atoms with van der Waals surface area (Å²) in [6, 6.07) is 0. The van der Waals surface area contributed by atoms with Crippen molar-refractivity contribution in [3.8, 4) is 0 Å². The lowest BCUT2D eigenvalue weighted by Gasteiger charge is -1.83. The fraction of sp³-hybridized carbons (Fsp3) is 0. The molecule has 0 aliphatic heterocycles. The van der Waals surface area contributed by atoms with Crippen LogP contribution in [0.25, 0.3) is 5.65 Å². The Balaban J connectivity index is 2.88. The van der Waals surface area contributed by atoms with Crippen molar-refractivity contribution in [2.45, 2.75) is 0 Å². The summed E-state index contributed by atoms with van der Waals surface area (Å²) in [5, 5.41) is 3.86. The van der Waals surface area contributed by atoms with E-state index in [1.54, 1.807) is 23.1 Å². The van der Waals surface area contributed by atoms with Crippen LogP contribution in [0.1, 0.15) is 0 Å². The molecule has 0 unspecified atom stereocenters. The lowest BCUT2D eigenvalue weighted by atomic mass is 10.7. The number of anilines is 1. The van der Waals surface area contributed by atoms with Gasteiger partial charge in [-0.3, -0.25) is 4.98 Å². The van der Waals surface area contributed by atoms with Crippen LogP contribution in [0.4, 0.5) is 5.95 Å². The zero-order valence-electron chi connectivity index (χ0n) is 5.10. The molecule has 0 aromatic carbocycles. The fourth-order valence-electron chi connectivity index (χ4n) is 0.762. The molecule has 2 rings (SSSR count). The quantitative estimate of drug-likeness (QED) is 0.538. The van der Waals surface area contributed by atoms with Crippen LogP contribution < -0.4 is 5.73 Å². The summed E-state index contributed by atoms with van der Waals surface area (Å²) in [6.07, 6.45) is 4.92. The van der Waals surface area contributed by atoms with E-state index >= 15 is 0 Å². The molecule has 5 nitrogen and oxygen atoms in total. The summed E-state index contributed by atoms with van der Waals surface area (Å²) in [6.45, 7) is 0. The van der Waals surface area contributed by atoms with Crippen molar-refractivity contribution in [2.75, 3.05) is 5.73 Å². The predicted molar refractivity (Wildman–Crippen MR) is 35.2 cm³/mol. The van der Waals surface area contributed by atoms with Crippen LogP contribution in [0, 0.1) is 0 Å². The van der Waals surface area contributed by atoms with Gasteiger partial charge in [0, 0.05) is 12.4 Å². The highest BCUT2D eigenvalue weighted by Gasteiger charge is 1.95. The summed E-state index contributed by atoms with van der Waals surface area (Å²) in [5.41, 5.74) is 5.99. The van der Waals surface area contributed by atoms with E-state index < -0.39 is 0 Å². The van der Waals surface area contributed by atoms with Crippen LogP contribution in [-0.2, 0) is 0 Å². The minimum absolute atomic E-state index is 0.271. The molecule has 0 atom stereocenters. The lowest BCUT2D eigenvalue weighted by molar-refractivity contribution is 0.952. The standard InChI is InChI=1S/C5H5N5/c6-5-8-4-3-7-1-2-10(4)9-5/h1-3H,(H2,6,9). The molecule has 2 aromatic heterocycles. The third-order valence-electron chi connectivity index (χ3n) is 1.16. The topological polar surface area (TPSA) is 69.1 Å². The highest BCUT2D eigenvalue weighted by atomic mass is 15.3. The van der Waals surface area contributed by atoms with Gasteiger partial charge in [-0.15, -0.1) is 5.10 Å². The number of nitrogen functional groups attached to an aromatic ring is 1. The molecule has 0 saturated heterocycles. The molecule has 10 heavy (non-hydrogen) atoms. The smallest absolute Gasteiger partial charge is 0.240 e. The van der Waals surface area contributed by atoms with E-state index in [1.165, 1.54) is 0 Å². The molecule has 0 aliphatic rings. The van der Waals surface area contributed by atoms with Crippen LogP contribution in [0.5, 0.6) is 0 Å². The van der Waals surface area contributed by atoms with Gasteiger partial charge in [0.1, 0.15) is 0 Å². The van der Waals surface area contributed by atoms with Crippen molar-refractivity contribution in [3.63, 3.8) is 0 Å². The maximum Gasteiger partial charge on any atom is 0.240 e.